The molecule has 0 aliphatic carbocycles. The number of benzene rings is 1. The highest BCUT2D eigenvalue weighted by molar-refractivity contribution is 5.75. The first kappa shape index (κ1) is 22.8. The molecule has 0 fully saturated rings. The summed E-state index contributed by atoms with van der Waals surface area (Å²) in [6.07, 6.45) is 0. The van der Waals surface area contributed by atoms with Crippen LogP contribution in [-0.4, -0.2) is 23.8 Å². The molecule has 0 saturated carbocycles. The summed E-state index contributed by atoms with van der Waals surface area (Å²) in [5.41, 5.74) is 1.83. The molecule has 8 heteroatoms. The van der Waals surface area contributed by atoms with Gasteiger partial charge in [0.1, 0.15) is 11.0 Å². The number of nitrogens with zero attached hydrogens (tertiary/aromatic N) is 2. The molecule has 0 spiro atoms. The van der Waals surface area contributed by atoms with Crippen LogP contribution in [0.4, 0.5) is 18.8 Å². The van der Waals surface area contributed by atoms with E-state index < -0.39 is 0 Å². The minimum atomic E-state index is 0. The lowest BCUT2D eigenvalue weighted by molar-refractivity contribution is 0.959. The fourth-order valence-corrected chi connectivity index (χ4v) is 0.786. The summed E-state index contributed by atoms with van der Waals surface area (Å²) in [7, 11) is 0. The minimum Gasteiger partial charge on any atom is -0.269 e. The predicted octanol–water partition coefficient (Wildman–Crippen LogP) is 1.19. The van der Waals surface area contributed by atoms with Crippen LogP contribution in [-0.2, 0) is 0 Å². The van der Waals surface area contributed by atoms with Crippen molar-refractivity contribution in [2.75, 3.05) is 0 Å². The lowest BCUT2D eigenvalue weighted by Gasteiger charge is -1.78. The van der Waals surface area contributed by atoms with Gasteiger partial charge in [0.15, 0.2) is 0 Å². The Balaban J connectivity index is -0.0000001000. The summed E-state index contributed by atoms with van der Waals surface area (Å²) in [5.74, 6) is 0. The van der Waals surface area contributed by atoms with Crippen LogP contribution in [0, 0.1) is 0 Å². The van der Waals surface area contributed by atoms with E-state index >= 15 is 0 Å². The Labute approximate surface area is 78.9 Å². The van der Waals surface area contributed by atoms with E-state index in [9.17, 15) is 0 Å². The first-order valence-electron chi connectivity index (χ1n) is 2.72. The number of fused-ring (bicyclic) bond motifs is 1. The van der Waals surface area contributed by atoms with Crippen LogP contribution >= 0.6 is 0 Å². The SMILES string of the molecule is F.F.F.F.[B].c1ccc2n[nH]nc2c1. The molecule has 0 atom stereocenters. The molecule has 0 aliphatic rings. The van der Waals surface area contributed by atoms with Gasteiger partial charge in [0.2, 0.25) is 0 Å². The van der Waals surface area contributed by atoms with E-state index in [2.05, 4.69) is 15.4 Å². The van der Waals surface area contributed by atoms with Crippen LogP contribution < -0.4 is 0 Å². The highest BCUT2D eigenvalue weighted by Gasteiger charge is 1.90. The Kier molecular flexibility index (Phi) is 15.5. The average molecular weight is 210 g/mol. The molecule has 1 N–H and O–H groups in total. The second-order valence-electron chi connectivity index (χ2n) is 1.81. The van der Waals surface area contributed by atoms with Crippen LogP contribution in [0.25, 0.3) is 11.0 Å². The molecular formula is C6H9BF4N3. The number of hydrogen-bond acceptors (Lipinski definition) is 2. The molecule has 0 bridgehead atoms. The van der Waals surface area contributed by atoms with Crippen molar-refractivity contribution in [1.29, 1.82) is 0 Å². The normalized spacial score (nSPS) is 6.57. The number of H-pyrrole nitrogens is 1. The maximum absolute atomic E-state index is 3.88. The van der Waals surface area contributed by atoms with Gasteiger partial charge in [-0.25, -0.2) is 0 Å². The molecule has 79 valence electrons. The van der Waals surface area contributed by atoms with Crippen LogP contribution in [0.15, 0.2) is 24.3 Å². The molecule has 14 heavy (non-hydrogen) atoms. The van der Waals surface area contributed by atoms with Crippen LogP contribution in [0.1, 0.15) is 0 Å². The zero-order valence-corrected chi connectivity index (χ0v) is 6.91. The second-order valence-corrected chi connectivity index (χ2v) is 1.81. The van der Waals surface area contributed by atoms with Gasteiger partial charge < -0.3 is 0 Å². The highest BCUT2D eigenvalue weighted by atomic mass is 19.0. The van der Waals surface area contributed by atoms with Crippen molar-refractivity contribution >= 4 is 19.4 Å². The first-order chi connectivity index (χ1) is 4.47. The van der Waals surface area contributed by atoms with Crippen molar-refractivity contribution in [3.63, 3.8) is 0 Å². The molecule has 0 saturated heterocycles. The van der Waals surface area contributed by atoms with Gasteiger partial charge in [-0.15, -0.1) is 0 Å². The molecule has 2 aromatic rings. The van der Waals surface area contributed by atoms with E-state index in [0.717, 1.165) is 11.0 Å². The third-order valence-corrected chi connectivity index (χ3v) is 1.22. The van der Waals surface area contributed by atoms with Crippen molar-refractivity contribution in [3.05, 3.63) is 24.3 Å². The van der Waals surface area contributed by atoms with E-state index in [0.29, 0.717) is 0 Å². The van der Waals surface area contributed by atoms with Crippen LogP contribution in [0.3, 0.4) is 0 Å². The van der Waals surface area contributed by atoms with Gasteiger partial charge in [0.25, 0.3) is 0 Å². The molecule has 1 aromatic carbocycles. The Morgan fingerprint density at radius 3 is 1.50 bits per heavy atom. The summed E-state index contributed by atoms with van der Waals surface area (Å²) < 4.78 is 0. The largest absolute Gasteiger partial charge is 0.269 e. The molecule has 1 aromatic heterocycles. The zero-order valence-electron chi connectivity index (χ0n) is 6.91. The first-order valence-corrected chi connectivity index (χ1v) is 2.72. The third-order valence-electron chi connectivity index (χ3n) is 1.22. The molecule has 0 amide bonds. The molecule has 3 radical (unpaired) electrons. The third kappa shape index (κ3) is 3.88. The number of aromatic nitrogens is 3. The lowest BCUT2D eigenvalue weighted by Crippen LogP contribution is -1.63. The fourth-order valence-electron chi connectivity index (χ4n) is 0.786. The molecule has 1 heterocycles. The van der Waals surface area contributed by atoms with Crippen LogP contribution in [0.2, 0.25) is 0 Å². The van der Waals surface area contributed by atoms with Crippen molar-refractivity contribution in [1.82, 2.24) is 15.4 Å². The van der Waals surface area contributed by atoms with E-state index in [1.807, 2.05) is 24.3 Å². The summed E-state index contributed by atoms with van der Waals surface area (Å²) in [6.45, 7) is 0. The standard InChI is InChI=1S/C6H5N3.B.4FH/c1-2-4-6-5(3-1)7-9-8-6;;;;;/h1-4H,(H,7,8,9);;4*1H. The number of hydrogen-bond donors (Lipinski definition) is 1. The van der Waals surface area contributed by atoms with E-state index in [1.165, 1.54) is 0 Å². The quantitative estimate of drug-likeness (QED) is 0.524. The zero-order chi connectivity index (χ0) is 6.10. The maximum Gasteiger partial charge on any atom is 0.112 e. The Morgan fingerprint density at radius 2 is 1.14 bits per heavy atom. The maximum atomic E-state index is 3.88. The second kappa shape index (κ2) is 9.49. The summed E-state index contributed by atoms with van der Waals surface area (Å²) in [4.78, 5) is 0. The fraction of sp³-hybridized carbons (Fsp3) is 0. The number of halogens is 4. The predicted molar refractivity (Wildman–Crippen MR) is 49.7 cm³/mol. The summed E-state index contributed by atoms with van der Waals surface area (Å²) in [5, 5.41) is 10.3. The van der Waals surface area contributed by atoms with Crippen LogP contribution in [0.5, 0.6) is 0 Å². The van der Waals surface area contributed by atoms with Crippen molar-refractivity contribution < 1.29 is 18.8 Å². The molecular weight excluding hydrogens is 201 g/mol. The summed E-state index contributed by atoms with van der Waals surface area (Å²) >= 11 is 0. The Bertz CT molecular complexity index is 299. The summed E-state index contributed by atoms with van der Waals surface area (Å²) in [6, 6.07) is 7.70. The van der Waals surface area contributed by atoms with E-state index in [4.69, 9.17) is 0 Å². The lowest BCUT2D eigenvalue weighted by atomic mass is 10.3. The van der Waals surface area contributed by atoms with Crippen molar-refractivity contribution in [2.24, 2.45) is 0 Å². The monoisotopic (exact) mass is 210 g/mol. The van der Waals surface area contributed by atoms with Gasteiger partial charge >= 0.3 is 0 Å². The van der Waals surface area contributed by atoms with Gasteiger partial charge in [-0.3, -0.25) is 18.8 Å². The van der Waals surface area contributed by atoms with Gasteiger partial charge in [-0.2, -0.15) is 15.4 Å². The van der Waals surface area contributed by atoms with Crippen molar-refractivity contribution in [2.45, 2.75) is 0 Å². The number of aromatic amines is 1. The molecule has 2 rings (SSSR count). The Morgan fingerprint density at radius 1 is 0.786 bits per heavy atom. The van der Waals surface area contributed by atoms with Crippen molar-refractivity contribution in [3.8, 4) is 0 Å². The minimum absolute atomic E-state index is 0. The smallest absolute Gasteiger partial charge is 0.112 e. The highest BCUT2D eigenvalue weighted by Crippen LogP contribution is 2.03. The number of para-hydroxylation sites is 2. The molecule has 0 unspecified atom stereocenters. The molecule has 3 nitrogen and oxygen atoms in total. The molecule has 0 aliphatic heterocycles. The average Bonchev–Trinajstić information content (AvgIpc) is 2.33. The Hall–Kier alpha value is -1.60. The van der Waals surface area contributed by atoms with E-state index in [1.54, 1.807) is 0 Å². The number of nitrogens with one attached hydrogen (secondary N) is 1. The van der Waals surface area contributed by atoms with Gasteiger partial charge in [-0.1, -0.05) is 12.1 Å². The van der Waals surface area contributed by atoms with Gasteiger partial charge in [0.05, 0.1) is 0 Å². The van der Waals surface area contributed by atoms with E-state index in [-0.39, 0.29) is 27.2 Å². The van der Waals surface area contributed by atoms with Gasteiger partial charge in [-0.05, 0) is 12.1 Å². The number of rotatable bonds is 0. The van der Waals surface area contributed by atoms with Gasteiger partial charge in [0, 0.05) is 8.41 Å². The topological polar surface area (TPSA) is 41.6 Å².